The number of ether oxygens (including phenoxy) is 1. The Balaban J connectivity index is 1.42. The van der Waals surface area contributed by atoms with Gasteiger partial charge in [-0.3, -0.25) is 4.90 Å². The summed E-state index contributed by atoms with van der Waals surface area (Å²) in [6.45, 7) is 4.71. The molecule has 2 aliphatic heterocycles. The number of hydrogen-bond donors (Lipinski definition) is 0. The molecule has 3 aromatic rings. The van der Waals surface area contributed by atoms with Crippen molar-refractivity contribution in [1.29, 1.82) is 0 Å². The van der Waals surface area contributed by atoms with E-state index in [4.69, 9.17) is 4.74 Å². The molecule has 0 amide bonds. The summed E-state index contributed by atoms with van der Waals surface area (Å²) in [6.07, 6.45) is 1.95. The summed E-state index contributed by atoms with van der Waals surface area (Å²) in [7, 11) is 0. The average molecular weight is 386 g/mol. The Labute approximate surface area is 170 Å². The number of fused-ring (bicyclic) bond motifs is 2. The zero-order chi connectivity index (χ0) is 19.6. The number of para-hydroxylation sites is 1. The predicted molar refractivity (Wildman–Crippen MR) is 114 cm³/mol. The molecule has 2 aliphatic rings. The lowest BCUT2D eigenvalue weighted by Crippen LogP contribution is -2.44. The Hall–Kier alpha value is -3.11. The molecule has 1 saturated heterocycles. The molecule has 146 valence electrons. The summed E-state index contributed by atoms with van der Waals surface area (Å²) in [5.74, 6) is 1.08. The standard InChI is InChI=1S/C25H23FN2O/c26-22-10-6-12-25-21(22)17-23(20-9-4-5-11-24(20)29-25)28-15-13-27(14-16-28)18-19-7-2-1-3-8-19/h1-12,17H,13-16,18H2. The lowest BCUT2D eigenvalue weighted by Gasteiger charge is -2.37. The van der Waals surface area contributed by atoms with Crippen LogP contribution in [0.2, 0.25) is 0 Å². The molecule has 4 heteroatoms. The van der Waals surface area contributed by atoms with Crippen LogP contribution < -0.4 is 4.74 Å². The third kappa shape index (κ3) is 3.64. The minimum atomic E-state index is -0.254. The first kappa shape index (κ1) is 18.0. The van der Waals surface area contributed by atoms with Crippen LogP contribution in [0.1, 0.15) is 16.7 Å². The molecule has 0 bridgehead atoms. The molecule has 0 spiro atoms. The number of piperazine rings is 1. The van der Waals surface area contributed by atoms with Crippen LogP contribution in [0.25, 0.3) is 11.8 Å². The van der Waals surface area contributed by atoms with Crippen molar-refractivity contribution in [3.63, 3.8) is 0 Å². The van der Waals surface area contributed by atoms with Gasteiger partial charge in [-0.1, -0.05) is 48.5 Å². The summed E-state index contributed by atoms with van der Waals surface area (Å²) in [5, 5.41) is 0. The van der Waals surface area contributed by atoms with Gasteiger partial charge in [0, 0.05) is 44.0 Å². The van der Waals surface area contributed by atoms with E-state index in [2.05, 4.69) is 46.2 Å². The molecule has 0 aliphatic carbocycles. The summed E-state index contributed by atoms with van der Waals surface area (Å²) < 4.78 is 20.6. The Morgan fingerprint density at radius 2 is 1.48 bits per heavy atom. The van der Waals surface area contributed by atoms with Gasteiger partial charge >= 0.3 is 0 Å². The van der Waals surface area contributed by atoms with E-state index < -0.39 is 0 Å². The van der Waals surface area contributed by atoms with Gasteiger partial charge in [0.1, 0.15) is 17.3 Å². The molecule has 0 saturated carbocycles. The van der Waals surface area contributed by atoms with Crippen LogP contribution in [0.5, 0.6) is 11.5 Å². The third-order valence-electron chi connectivity index (χ3n) is 5.64. The van der Waals surface area contributed by atoms with Gasteiger partial charge in [-0.05, 0) is 35.9 Å². The first-order valence-electron chi connectivity index (χ1n) is 10.1. The summed E-state index contributed by atoms with van der Waals surface area (Å²) in [5.41, 5.74) is 3.90. The van der Waals surface area contributed by atoms with Crippen molar-refractivity contribution in [2.45, 2.75) is 6.54 Å². The first-order chi connectivity index (χ1) is 14.3. The van der Waals surface area contributed by atoms with Crippen LogP contribution in [0, 0.1) is 5.82 Å². The van der Waals surface area contributed by atoms with Gasteiger partial charge in [0.25, 0.3) is 0 Å². The highest BCUT2D eigenvalue weighted by Crippen LogP contribution is 2.40. The van der Waals surface area contributed by atoms with E-state index in [1.54, 1.807) is 6.07 Å². The molecule has 3 aromatic carbocycles. The fourth-order valence-corrected chi connectivity index (χ4v) is 4.10. The zero-order valence-corrected chi connectivity index (χ0v) is 16.2. The van der Waals surface area contributed by atoms with Gasteiger partial charge in [-0.15, -0.1) is 0 Å². The van der Waals surface area contributed by atoms with E-state index in [1.807, 2.05) is 30.3 Å². The largest absolute Gasteiger partial charge is 0.456 e. The fourth-order valence-electron chi connectivity index (χ4n) is 4.10. The molecule has 0 radical (unpaired) electrons. The quantitative estimate of drug-likeness (QED) is 0.612. The molecular weight excluding hydrogens is 363 g/mol. The molecule has 0 atom stereocenters. The number of benzene rings is 3. The van der Waals surface area contributed by atoms with Crippen LogP contribution >= 0.6 is 0 Å². The van der Waals surface area contributed by atoms with Crippen molar-refractivity contribution in [2.75, 3.05) is 26.2 Å². The molecule has 1 fully saturated rings. The molecule has 2 heterocycles. The molecule has 5 rings (SSSR count). The van der Waals surface area contributed by atoms with Gasteiger partial charge in [-0.2, -0.15) is 0 Å². The number of nitrogens with zero attached hydrogens (tertiary/aromatic N) is 2. The van der Waals surface area contributed by atoms with Crippen LogP contribution in [0.4, 0.5) is 4.39 Å². The monoisotopic (exact) mass is 386 g/mol. The average Bonchev–Trinajstić information content (AvgIpc) is 2.93. The fraction of sp³-hybridized carbons (Fsp3) is 0.200. The van der Waals surface area contributed by atoms with Crippen molar-refractivity contribution >= 4 is 11.8 Å². The summed E-state index contributed by atoms with van der Waals surface area (Å²) >= 11 is 0. The maximum atomic E-state index is 14.6. The smallest absolute Gasteiger partial charge is 0.137 e. The van der Waals surface area contributed by atoms with E-state index in [0.717, 1.165) is 49.7 Å². The minimum Gasteiger partial charge on any atom is -0.456 e. The highest BCUT2D eigenvalue weighted by atomic mass is 19.1. The van der Waals surface area contributed by atoms with E-state index in [1.165, 1.54) is 11.6 Å². The Morgan fingerprint density at radius 3 is 2.31 bits per heavy atom. The van der Waals surface area contributed by atoms with Crippen LogP contribution in [0.15, 0.2) is 72.8 Å². The molecule has 3 nitrogen and oxygen atoms in total. The van der Waals surface area contributed by atoms with Crippen molar-refractivity contribution in [2.24, 2.45) is 0 Å². The molecule has 0 aromatic heterocycles. The normalized spacial score (nSPS) is 16.3. The van der Waals surface area contributed by atoms with E-state index in [-0.39, 0.29) is 5.82 Å². The Morgan fingerprint density at radius 1 is 0.759 bits per heavy atom. The summed E-state index contributed by atoms with van der Waals surface area (Å²) in [4.78, 5) is 4.82. The van der Waals surface area contributed by atoms with Crippen molar-refractivity contribution < 1.29 is 9.13 Å². The van der Waals surface area contributed by atoms with Gasteiger partial charge in [0.2, 0.25) is 0 Å². The number of hydrogen-bond acceptors (Lipinski definition) is 3. The predicted octanol–water partition coefficient (Wildman–Crippen LogP) is 5.25. The minimum absolute atomic E-state index is 0.254. The zero-order valence-electron chi connectivity index (χ0n) is 16.2. The Bertz CT molecular complexity index is 1040. The van der Waals surface area contributed by atoms with Gasteiger partial charge < -0.3 is 9.64 Å². The van der Waals surface area contributed by atoms with Crippen molar-refractivity contribution in [3.8, 4) is 11.5 Å². The van der Waals surface area contributed by atoms with Crippen LogP contribution in [-0.2, 0) is 6.54 Å². The molecule has 0 N–H and O–H groups in total. The van der Waals surface area contributed by atoms with Gasteiger partial charge in [0.05, 0.1) is 5.56 Å². The summed E-state index contributed by atoms with van der Waals surface area (Å²) in [6, 6.07) is 23.6. The van der Waals surface area contributed by atoms with E-state index in [9.17, 15) is 4.39 Å². The lowest BCUT2D eigenvalue weighted by molar-refractivity contribution is 0.169. The van der Waals surface area contributed by atoms with E-state index in [0.29, 0.717) is 11.3 Å². The first-order valence-corrected chi connectivity index (χ1v) is 10.1. The number of halogens is 1. The number of rotatable bonds is 3. The van der Waals surface area contributed by atoms with Crippen molar-refractivity contribution in [3.05, 3.63) is 95.3 Å². The maximum absolute atomic E-state index is 14.6. The highest BCUT2D eigenvalue weighted by Gasteiger charge is 2.25. The molecule has 0 unspecified atom stereocenters. The second kappa shape index (κ2) is 7.72. The Kier molecular flexibility index (Phi) is 4.78. The second-order valence-electron chi connectivity index (χ2n) is 7.53. The van der Waals surface area contributed by atoms with Gasteiger partial charge in [-0.25, -0.2) is 4.39 Å². The molecular formula is C25H23FN2O. The highest BCUT2D eigenvalue weighted by molar-refractivity contribution is 5.86. The lowest BCUT2D eigenvalue weighted by atomic mass is 10.1. The maximum Gasteiger partial charge on any atom is 0.137 e. The van der Waals surface area contributed by atoms with Crippen LogP contribution in [0.3, 0.4) is 0 Å². The third-order valence-corrected chi connectivity index (χ3v) is 5.64. The van der Waals surface area contributed by atoms with Gasteiger partial charge in [0.15, 0.2) is 0 Å². The van der Waals surface area contributed by atoms with Crippen LogP contribution in [-0.4, -0.2) is 36.0 Å². The van der Waals surface area contributed by atoms with E-state index >= 15 is 0 Å². The second-order valence-corrected chi connectivity index (χ2v) is 7.53. The topological polar surface area (TPSA) is 15.7 Å². The molecule has 29 heavy (non-hydrogen) atoms. The van der Waals surface area contributed by atoms with Crippen molar-refractivity contribution in [1.82, 2.24) is 9.80 Å². The SMILES string of the molecule is Fc1cccc2c1C=C(N1CCN(Cc3ccccc3)CC1)c1ccccc1O2.